The van der Waals surface area contributed by atoms with Crippen molar-refractivity contribution in [2.75, 3.05) is 13.1 Å². The van der Waals surface area contributed by atoms with Crippen LogP contribution in [0.25, 0.3) is 0 Å². The van der Waals surface area contributed by atoms with Gasteiger partial charge in [0, 0.05) is 13.1 Å². The zero-order valence-electron chi connectivity index (χ0n) is 14.2. The number of carbonyl (C=O) groups excluding carboxylic acids is 1. The number of hydrogen-bond acceptors (Lipinski definition) is 3. The first kappa shape index (κ1) is 16.3. The smallest absolute Gasteiger partial charge is 0.261 e. The second-order valence-corrected chi connectivity index (χ2v) is 6.87. The average Bonchev–Trinajstić information content (AvgIpc) is 3.46. The van der Waals surface area contributed by atoms with Gasteiger partial charge in [0.25, 0.3) is 5.91 Å². The number of nitrogens with zero attached hydrogens (tertiary/aromatic N) is 1. The minimum Gasteiger partial charge on any atom is -0.385 e. The largest absolute Gasteiger partial charge is 0.385 e. The number of benzene rings is 2. The van der Waals surface area contributed by atoms with Gasteiger partial charge in [0.2, 0.25) is 5.60 Å². The molecular weight excluding hydrogens is 314 g/mol. The summed E-state index contributed by atoms with van der Waals surface area (Å²) >= 11 is 0. The molecule has 3 atom stereocenters. The molecular formula is C21H23NO3. The van der Waals surface area contributed by atoms with Crippen LogP contribution < -0.4 is 0 Å². The van der Waals surface area contributed by atoms with E-state index in [-0.39, 0.29) is 5.91 Å². The molecule has 2 aromatic carbocycles. The van der Waals surface area contributed by atoms with Gasteiger partial charge in [-0.1, -0.05) is 60.7 Å². The number of carbonyl (C=O) groups is 1. The number of amides is 1. The molecule has 1 amide bonds. The molecule has 130 valence electrons. The monoisotopic (exact) mass is 337 g/mol. The highest BCUT2D eigenvalue weighted by Crippen LogP contribution is 2.57. The lowest BCUT2D eigenvalue weighted by molar-refractivity contribution is -0.142. The van der Waals surface area contributed by atoms with Crippen LogP contribution in [0.5, 0.6) is 0 Å². The van der Waals surface area contributed by atoms with Gasteiger partial charge in [-0.05, 0) is 30.4 Å². The van der Waals surface area contributed by atoms with E-state index in [0.717, 1.165) is 37.9 Å². The highest BCUT2D eigenvalue weighted by Gasteiger charge is 2.69. The Bertz CT molecular complexity index is 727. The van der Waals surface area contributed by atoms with Crippen molar-refractivity contribution in [1.82, 2.24) is 4.90 Å². The molecule has 2 fully saturated rings. The lowest BCUT2D eigenvalue weighted by atomic mass is 9.87. The normalized spacial score (nSPS) is 26.9. The average molecular weight is 337 g/mol. The van der Waals surface area contributed by atoms with Crippen molar-refractivity contribution in [3.63, 3.8) is 0 Å². The third-order valence-corrected chi connectivity index (χ3v) is 5.25. The second-order valence-electron chi connectivity index (χ2n) is 6.87. The number of likely N-dealkylation sites (tertiary alicyclic amines) is 1. The molecule has 0 unspecified atom stereocenters. The van der Waals surface area contributed by atoms with E-state index < -0.39 is 17.8 Å². The van der Waals surface area contributed by atoms with Crippen molar-refractivity contribution >= 4 is 5.91 Å². The van der Waals surface area contributed by atoms with Crippen LogP contribution in [0.3, 0.4) is 0 Å². The summed E-state index contributed by atoms with van der Waals surface area (Å²) in [5, 5.41) is 11.1. The number of epoxide rings is 1. The van der Waals surface area contributed by atoms with Crippen molar-refractivity contribution in [2.24, 2.45) is 0 Å². The Morgan fingerprint density at radius 3 is 2.24 bits per heavy atom. The summed E-state index contributed by atoms with van der Waals surface area (Å²) in [5.74, 6) is -0.0857. The summed E-state index contributed by atoms with van der Waals surface area (Å²) in [6.45, 7) is 1.49. The van der Waals surface area contributed by atoms with Gasteiger partial charge in [0.1, 0.15) is 12.2 Å². The van der Waals surface area contributed by atoms with Crippen molar-refractivity contribution in [2.45, 2.75) is 37.1 Å². The predicted octanol–water partition coefficient (Wildman–Crippen LogP) is 3.24. The highest BCUT2D eigenvalue weighted by molar-refractivity contribution is 5.90. The first-order valence-electron chi connectivity index (χ1n) is 8.98. The van der Waals surface area contributed by atoms with Gasteiger partial charge in [-0.25, -0.2) is 0 Å². The van der Waals surface area contributed by atoms with Crippen LogP contribution in [0.4, 0.5) is 0 Å². The van der Waals surface area contributed by atoms with Crippen LogP contribution >= 0.6 is 0 Å². The minimum absolute atomic E-state index is 0.0857. The Hall–Kier alpha value is -2.17. The van der Waals surface area contributed by atoms with E-state index in [9.17, 15) is 9.90 Å². The standard InChI is InChI=1S/C21H23NO3/c23-18(16-10-4-1-5-11-16)21(20(24)22-14-8-3-9-15-22)19(25-21)17-12-6-2-7-13-17/h1-2,4-7,10-13,18-19,23H,3,8-9,14-15H2/t18-,19+,21-/m1/s1. The van der Waals surface area contributed by atoms with Gasteiger partial charge < -0.3 is 14.7 Å². The second kappa shape index (κ2) is 6.62. The molecule has 4 heteroatoms. The topological polar surface area (TPSA) is 53.1 Å². The molecule has 2 aromatic rings. The quantitative estimate of drug-likeness (QED) is 0.872. The Labute approximate surface area is 148 Å². The van der Waals surface area contributed by atoms with Crippen LogP contribution in [0.1, 0.15) is 42.6 Å². The molecule has 1 N–H and O–H groups in total. The molecule has 4 rings (SSSR count). The maximum absolute atomic E-state index is 13.3. The van der Waals surface area contributed by atoms with Crippen LogP contribution in [0, 0.1) is 0 Å². The SMILES string of the molecule is O=C(N1CCCCC1)[C@]1([C@H](O)c2ccccc2)O[C@H]1c1ccccc1. The van der Waals surface area contributed by atoms with E-state index >= 15 is 0 Å². The number of piperidine rings is 1. The van der Waals surface area contributed by atoms with Gasteiger partial charge in [0.05, 0.1) is 0 Å². The first-order chi connectivity index (χ1) is 12.2. The van der Waals surface area contributed by atoms with Crippen LogP contribution in [0.15, 0.2) is 60.7 Å². The maximum atomic E-state index is 13.3. The van der Waals surface area contributed by atoms with E-state index in [1.165, 1.54) is 0 Å². The van der Waals surface area contributed by atoms with Gasteiger partial charge in [-0.3, -0.25) is 4.79 Å². The maximum Gasteiger partial charge on any atom is 0.261 e. The fourth-order valence-corrected chi connectivity index (χ4v) is 3.82. The lowest BCUT2D eigenvalue weighted by Gasteiger charge is -2.31. The van der Waals surface area contributed by atoms with Gasteiger partial charge >= 0.3 is 0 Å². The van der Waals surface area contributed by atoms with Crippen LogP contribution in [-0.2, 0) is 9.53 Å². The third-order valence-electron chi connectivity index (χ3n) is 5.25. The Balaban J connectivity index is 1.68. The third kappa shape index (κ3) is 2.86. The molecule has 2 saturated heterocycles. The molecule has 0 radical (unpaired) electrons. The van der Waals surface area contributed by atoms with E-state index in [4.69, 9.17) is 4.74 Å². The summed E-state index contributed by atoms with van der Waals surface area (Å²) in [6.07, 6.45) is 1.80. The van der Waals surface area contributed by atoms with E-state index in [2.05, 4.69) is 0 Å². The van der Waals surface area contributed by atoms with Gasteiger partial charge in [-0.15, -0.1) is 0 Å². The molecule has 0 spiro atoms. The highest BCUT2D eigenvalue weighted by atomic mass is 16.6. The first-order valence-corrected chi connectivity index (χ1v) is 8.98. The fraction of sp³-hybridized carbons (Fsp3) is 0.381. The van der Waals surface area contributed by atoms with Crippen LogP contribution in [0.2, 0.25) is 0 Å². The van der Waals surface area contributed by atoms with E-state index in [1.807, 2.05) is 65.6 Å². The van der Waals surface area contributed by atoms with E-state index in [1.54, 1.807) is 0 Å². The summed E-state index contributed by atoms with van der Waals surface area (Å²) in [5.41, 5.74) is 0.439. The van der Waals surface area contributed by atoms with E-state index in [0.29, 0.717) is 5.56 Å². The Morgan fingerprint density at radius 2 is 1.60 bits per heavy atom. The molecule has 4 nitrogen and oxygen atoms in total. The summed E-state index contributed by atoms with van der Waals surface area (Å²) in [6, 6.07) is 19.0. The number of hydrogen-bond donors (Lipinski definition) is 1. The molecule has 25 heavy (non-hydrogen) atoms. The zero-order valence-corrected chi connectivity index (χ0v) is 14.2. The summed E-state index contributed by atoms with van der Waals surface area (Å²) in [7, 11) is 0. The number of ether oxygens (including phenoxy) is 1. The van der Waals surface area contributed by atoms with Crippen LogP contribution in [-0.4, -0.2) is 34.6 Å². The molecule has 0 aromatic heterocycles. The molecule has 0 saturated carbocycles. The number of aliphatic hydroxyl groups is 1. The molecule has 2 aliphatic rings. The summed E-state index contributed by atoms with van der Waals surface area (Å²) < 4.78 is 5.98. The Kier molecular flexibility index (Phi) is 4.32. The van der Waals surface area contributed by atoms with Crippen molar-refractivity contribution in [3.05, 3.63) is 71.8 Å². The Morgan fingerprint density at radius 1 is 1.00 bits per heavy atom. The molecule has 2 aliphatic heterocycles. The molecule has 2 heterocycles. The predicted molar refractivity (Wildman–Crippen MR) is 94.8 cm³/mol. The van der Waals surface area contributed by atoms with Gasteiger partial charge in [-0.2, -0.15) is 0 Å². The lowest BCUT2D eigenvalue weighted by Crippen LogP contribution is -2.47. The van der Waals surface area contributed by atoms with Crippen molar-refractivity contribution < 1.29 is 14.6 Å². The molecule has 0 bridgehead atoms. The number of rotatable bonds is 4. The number of aliphatic hydroxyl groups excluding tert-OH is 1. The molecule has 0 aliphatic carbocycles. The fourth-order valence-electron chi connectivity index (χ4n) is 3.82. The van der Waals surface area contributed by atoms with Gasteiger partial charge in [0.15, 0.2) is 0 Å². The zero-order chi connectivity index (χ0) is 17.3. The van der Waals surface area contributed by atoms with Crippen molar-refractivity contribution in [1.29, 1.82) is 0 Å². The summed E-state index contributed by atoms with van der Waals surface area (Å²) in [4.78, 5) is 15.2. The van der Waals surface area contributed by atoms with Crippen molar-refractivity contribution in [3.8, 4) is 0 Å². The minimum atomic E-state index is -1.21.